The van der Waals surface area contributed by atoms with Gasteiger partial charge < -0.3 is 20.0 Å². The number of rotatable bonds is 6. The molecule has 3 aliphatic rings. The molecule has 1 saturated heterocycles. The molecule has 0 radical (unpaired) electrons. The van der Waals surface area contributed by atoms with Gasteiger partial charge in [-0.2, -0.15) is 0 Å². The molecule has 1 amide bonds. The van der Waals surface area contributed by atoms with E-state index in [9.17, 15) is 4.79 Å². The molecule has 0 spiro atoms. The summed E-state index contributed by atoms with van der Waals surface area (Å²) in [5.41, 5.74) is 5.55. The molecule has 2 heterocycles. The molecule has 1 aliphatic carbocycles. The molecule has 1 fully saturated rings. The van der Waals surface area contributed by atoms with Gasteiger partial charge in [-0.25, -0.2) is 4.58 Å². The summed E-state index contributed by atoms with van der Waals surface area (Å²) in [7, 11) is 0. The first-order valence-electron chi connectivity index (χ1n) is 13.1. The van der Waals surface area contributed by atoms with Crippen molar-refractivity contribution in [1.82, 2.24) is 14.8 Å². The van der Waals surface area contributed by atoms with Crippen molar-refractivity contribution in [2.45, 2.75) is 20.8 Å². The van der Waals surface area contributed by atoms with E-state index < -0.39 is 0 Å². The van der Waals surface area contributed by atoms with Gasteiger partial charge in [-0.05, 0) is 50.6 Å². The lowest BCUT2D eigenvalue weighted by atomic mass is 9.90. The van der Waals surface area contributed by atoms with Gasteiger partial charge in [0.05, 0.1) is 6.07 Å². The van der Waals surface area contributed by atoms with Crippen LogP contribution in [0.15, 0.2) is 65.1 Å². The average molecular weight is 484 g/mol. The van der Waals surface area contributed by atoms with Crippen LogP contribution >= 0.6 is 0 Å². The Kier molecular flexibility index (Phi) is 7.05. The first-order valence-corrected chi connectivity index (χ1v) is 13.1. The zero-order valence-corrected chi connectivity index (χ0v) is 21.4. The molecular weight excluding hydrogens is 448 g/mol. The number of hydrogen-bond donors (Lipinski definition) is 2. The summed E-state index contributed by atoms with van der Waals surface area (Å²) in [5.74, 6) is 0.901. The lowest BCUT2D eigenvalue weighted by molar-refractivity contribution is 0.0736. The van der Waals surface area contributed by atoms with Gasteiger partial charge in [-0.3, -0.25) is 4.79 Å². The van der Waals surface area contributed by atoms with E-state index in [0.717, 1.165) is 95.8 Å². The van der Waals surface area contributed by atoms with Crippen LogP contribution in [-0.2, 0) is 0 Å². The van der Waals surface area contributed by atoms with Crippen LogP contribution in [0.25, 0.3) is 33.4 Å². The van der Waals surface area contributed by atoms with Gasteiger partial charge in [0.25, 0.3) is 5.91 Å². The molecule has 186 valence electrons. The van der Waals surface area contributed by atoms with Gasteiger partial charge in [0.2, 0.25) is 5.36 Å². The minimum absolute atomic E-state index is 0.0817. The third kappa shape index (κ3) is 4.49. The van der Waals surface area contributed by atoms with Gasteiger partial charge in [-0.15, -0.1) is 0 Å². The van der Waals surface area contributed by atoms with Crippen molar-refractivity contribution in [3.05, 3.63) is 71.6 Å². The quantitative estimate of drug-likeness (QED) is 0.313. The van der Waals surface area contributed by atoms with Crippen LogP contribution in [0.3, 0.4) is 0 Å². The summed E-state index contributed by atoms with van der Waals surface area (Å²) in [4.78, 5) is 15.6. The Morgan fingerprint density at radius 1 is 0.972 bits per heavy atom. The lowest BCUT2D eigenvalue weighted by Gasteiger charge is -2.28. The van der Waals surface area contributed by atoms with Crippen LogP contribution in [0.1, 0.15) is 31.1 Å². The van der Waals surface area contributed by atoms with Crippen LogP contribution in [0.4, 0.5) is 5.69 Å². The molecular formula is C30H35N4O2+. The van der Waals surface area contributed by atoms with Gasteiger partial charge in [0.1, 0.15) is 24.4 Å². The van der Waals surface area contributed by atoms with E-state index in [4.69, 9.17) is 4.42 Å². The fourth-order valence-corrected chi connectivity index (χ4v) is 5.19. The molecule has 2 aromatic carbocycles. The van der Waals surface area contributed by atoms with Crippen LogP contribution in [0.5, 0.6) is 0 Å². The number of benzene rings is 3. The van der Waals surface area contributed by atoms with Crippen LogP contribution in [0, 0.1) is 0 Å². The topological polar surface area (TPSA) is 60.5 Å². The number of piperazine rings is 1. The van der Waals surface area contributed by atoms with Crippen molar-refractivity contribution in [2.24, 2.45) is 0 Å². The molecule has 0 atom stereocenters. The molecule has 6 nitrogen and oxygen atoms in total. The molecule has 0 saturated carbocycles. The Balaban J connectivity index is 1.79. The first-order chi connectivity index (χ1) is 17.6. The van der Waals surface area contributed by atoms with E-state index in [0.29, 0.717) is 0 Å². The zero-order chi connectivity index (χ0) is 25.1. The maximum Gasteiger partial charge on any atom is 0.254 e. The Morgan fingerprint density at radius 3 is 2.50 bits per heavy atom. The third-order valence-electron chi connectivity index (χ3n) is 7.05. The molecule has 0 unspecified atom stereocenters. The predicted molar refractivity (Wildman–Crippen MR) is 148 cm³/mol. The van der Waals surface area contributed by atoms with Crippen LogP contribution in [-0.4, -0.2) is 56.6 Å². The van der Waals surface area contributed by atoms with Crippen molar-refractivity contribution in [3.63, 3.8) is 0 Å². The summed E-state index contributed by atoms with van der Waals surface area (Å²) < 4.78 is 8.84. The van der Waals surface area contributed by atoms with E-state index in [1.54, 1.807) is 0 Å². The SMILES string of the molecule is CCNc1ccc2c(-c3ccccc3C(=O)N3CCNCC3)c3ccc(=[N+](CC)CC)cc-3oc2c1. The monoisotopic (exact) mass is 483 g/mol. The van der Waals surface area contributed by atoms with Crippen molar-refractivity contribution in [1.29, 1.82) is 0 Å². The lowest BCUT2D eigenvalue weighted by Crippen LogP contribution is -2.46. The molecule has 2 aliphatic heterocycles. The summed E-state index contributed by atoms with van der Waals surface area (Å²) in [5, 5.41) is 8.87. The van der Waals surface area contributed by atoms with E-state index >= 15 is 0 Å². The van der Waals surface area contributed by atoms with Crippen molar-refractivity contribution in [3.8, 4) is 22.5 Å². The number of nitrogens with zero attached hydrogens (tertiary/aromatic N) is 2. The van der Waals surface area contributed by atoms with Gasteiger partial charge in [0.15, 0.2) is 0 Å². The number of nitrogens with one attached hydrogen (secondary N) is 2. The van der Waals surface area contributed by atoms with Gasteiger partial charge in [0, 0.05) is 72.6 Å². The molecule has 5 rings (SSSR count). The second kappa shape index (κ2) is 10.5. The third-order valence-corrected chi connectivity index (χ3v) is 7.05. The van der Waals surface area contributed by atoms with Crippen molar-refractivity contribution < 1.29 is 9.21 Å². The first kappa shape index (κ1) is 24.1. The number of carbonyl (C=O) groups excluding carboxylic acids is 1. The highest BCUT2D eigenvalue weighted by Crippen LogP contribution is 2.41. The van der Waals surface area contributed by atoms with Gasteiger partial charge >= 0.3 is 0 Å². The zero-order valence-electron chi connectivity index (χ0n) is 21.4. The molecule has 2 aromatic rings. The fourth-order valence-electron chi connectivity index (χ4n) is 5.19. The van der Waals surface area contributed by atoms with Crippen molar-refractivity contribution >= 4 is 22.6 Å². The second-order valence-corrected chi connectivity index (χ2v) is 9.16. The Bertz CT molecular complexity index is 1430. The minimum Gasteiger partial charge on any atom is -0.456 e. The number of anilines is 1. The normalized spacial score (nSPS) is 13.8. The Hall–Kier alpha value is -3.64. The smallest absolute Gasteiger partial charge is 0.254 e. The molecule has 6 heteroatoms. The molecule has 2 N–H and O–H groups in total. The van der Waals surface area contributed by atoms with E-state index in [-0.39, 0.29) is 5.91 Å². The molecule has 0 aromatic heterocycles. The largest absolute Gasteiger partial charge is 0.456 e. The maximum absolute atomic E-state index is 13.7. The van der Waals surface area contributed by atoms with Crippen LogP contribution in [0.2, 0.25) is 0 Å². The summed E-state index contributed by atoms with van der Waals surface area (Å²) in [6, 6.07) is 20.7. The molecule has 0 bridgehead atoms. The Morgan fingerprint density at radius 2 is 1.75 bits per heavy atom. The standard InChI is InChI=1S/C30H34N4O2/c1-4-32-21-11-13-25-27(19-21)36-28-20-22(33(5-2)6-3)12-14-26(28)29(25)23-9-7-8-10-24(23)30(35)34-17-15-31-16-18-34/h7-14,19-20,31H,4-6,15-18H2,1-3H3/p+1. The highest BCUT2D eigenvalue weighted by molar-refractivity contribution is 6.09. The van der Waals surface area contributed by atoms with Gasteiger partial charge in [-0.1, -0.05) is 18.2 Å². The number of carbonyl (C=O) groups is 1. The fraction of sp³-hybridized carbons (Fsp3) is 0.333. The van der Waals surface area contributed by atoms with E-state index in [1.165, 1.54) is 0 Å². The van der Waals surface area contributed by atoms with E-state index in [2.05, 4.69) is 78.4 Å². The highest BCUT2D eigenvalue weighted by Gasteiger charge is 2.25. The average Bonchev–Trinajstić information content (AvgIpc) is 2.92. The summed E-state index contributed by atoms with van der Waals surface area (Å²) in [6.07, 6.45) is 0. The number of fused-ring (bicyclic) bond motifs is 2. The summed E-state index contributed by atoms with van der Waals surface area (Å²) in [6.45, 7) is 12.2. The maximum atomic E-state index is 13.7. The van der Waals surface area contributed by atoms with Crippen molar-refractivity contribution in [2.75, 3.05) is 51.1 Å². The highest BCUT2D eigenvalue weighted by atomic mass is 16.3. The minimum atomic E-state index is 0.0817. The van der Waals surface area contributed by atoms with Crippen LogP contribution < -0.4 is 20.6 Å². The number of amides is 1. The molecule has 36 heavy (non-hydrogen) atoms. The Labute approximate surface area is 212 Å². The second-order valence-electron chi connectivity index (χ2n) is 9.16. The summed E-state index contributed by atoms with van der Waals surface area (Å²) >= 11 is 0. The predicted octanol–water partition coefficient (Wildman–Crippen LogP) is 4.49. The number of hydrogen-bond acceptors (Lipinski definition) is 4. The van der Waals surface area contributed by atoms with E-state index in [1.807, 2.05) is 23.1 Å².